The van der Waals surface area contributed by atoms with E-state index in [4.69, 9.17) is 5.26 Å². The van der Waals surface area contributed by atoms with Crippen LogP contribution in [0.4, 0.5) is 13.2 Å². The summed E-state index contributed by atoms with van der Waals surface area (Å²) in [5.41, 5.74) is 0. The van der Waals surface area contributed by atoms with Crippen LogP contribution in [0.15, 0.2) is 0 Å². The average Bonchev–Trinajstić information content (AvgIpc) is 2.10. The van der Waals surface area contributed by atoms with E-state index in [0.29, 0.717) is 0 Å². The normalized spacial score (nSPS) is 20.1. The van der Waals surface area contributed by atoms with E-state index in [1.807, 2.05) is 5.32 Å². The zero-order chi connectivity index (χ0) is 12.3. The number of hydrogen-bond acceptors (Lipinski definition) is 4. The lowest BCUT2D eigenvalue weighted by molar-refractivity contribution is -0.165. The Balaban J connectivity index is 2.63. The summed E-state index contributed by atoms with van der Waals surface area (Å²) in [7, 11) is 0. The molecule has 5 nitrogen and oxygen atoms in total. The van der Waals surface area contributed by atoms with Crippen LogP contribution in [0.3, 0.4) is 0 Å². The molecule has 1 fully saturated rings. The third kappa shape index (κ3) is 3.20. The van der Waals surface area contributed by atoms with E-state index in [1.165, 1.54) is 0 Å². The molecule has 1 atom stereocenters. The summed E-state index contributed by atoms with van der Waals surface area (Å²) in [6.07, 6.45) is -4.65. The second-order valence-corrected chi connectivity index (χ2v) is 3.36. The first-order valence-corrected chi connectivity index (χ1v) is 4.34. The molecule has 0 aliphatic carbocycles. The van der Waals surface area contributed by atoms with Gasteiger partial charge in [0.2, 0.25) is 11.8 Å². The van der Waals surface area contributed by atoms with Gasteiger partial charge in [0.05, 0.1) is 19.2 Å². The summed E-state index contributed by atoms with van der Waals surface area (Å²) in [4.78, 5) is 22.7. The van der Waals surface area contributed by atoms with Crippen molar-refractivity contribution in [2.75, 3.05) is 19.6 Å². The lowest BCUT2D eigenvalue weighted by Crippen LogP contribution is -2.53. The number of carbonyl (C=O) groups excluding carboxylic acids is 2. The molecule has 0 bridgehead atoms. The van der Waals surface area contributed by atoms with Crippen molar-refractivity contribution in [3.8, 4) is 6.07 Å². The van der Waals surface area contributed by atoms with Gasteiger partial charge in [-0.15, -0.1) is 0 Å². The van der Waals surface area contributed by atoms with E-state index >= 15 is 0 Å². The minimum absolute atomic E-state index is 0.306. The van der Waals surface area contributed by atoms with Gasteiger partial charge in [-0.1, -0.05) is 0 Å². The second-order valence-electron chi connectivity index (χ2n) is 3.36. The van der Waals surface area contributed by atoms with Crippen molar-refractivity contribution in [1.82, 2.24) is 10.2 Å². The molecule has 0 aromatic rings. The van der Waals surface area contributed by atoms with Crippen LogP contribution in [-0.4, -0.2) is 42.5 Å². The third-order valence-corrected chi connectivity index (χ3v) is 2.00. The highest BCUT2D eigenvalue weighted by molar-refractivity contribution is 5.99. The van der Waals surface area contributed by atoms with Gasteiger partial charge in [0, 0.05) is 6.54 Å². The molecule has 16 heavy (non-hydrogen) atoms. The molecule has 0 aromatic carbocycles. The number of nitrogens with one attached hydrogen (secondary N) is 1. The lowest BCUT2D eigenvalue weighted by Gasteiger charge is -2.27. The first-order chi connectivity index (χ1) is 7.32. The van der Waals surface area contributed by atoms with Gasteiger partial charge in [-0.05, 0) is 0 Å². The summed E-state index contributed by atoms with van der Waals surface area (Å²) in [5, 5.41) is 10.3. The minimum atomic E-state index is -4.65. The quantitative estimate of drug-likeness (QED) is 0.664. The van der Waals surface area contributed by atoms with Crippen molar-refractivity contribution in [1.29, 1.82) is 5.26 Å². The van der Waals surface area contributed by atoms with Crippen LogP contribution in [0.1, 0.15) is 0 Å². The van der Waals surface area contributed by atoms with Crippen molar-refractivity contribution >= 4 is 11.8 Å². The van der Waals surface area contributed by atoms with E-state index < -0.39 is 30.5 Å². The van der Waals surface area contributed by atoms with Crippen molar-refractivity contribution in [3.63, 3.8) is 0 Å². The molecule has 0 radical (unpaired) electrons. The molecule has 1 unspecified atom stereocenters. The van der Waals surface area contributed by atoms with Gasteiger partial charge >= 0.3 is 6.18 Å². The van der Waals surface area contributed by atoms with Crippen LogP contribution in [-0.2, 0) is 9.59 Å². The van der Waals surface area contributed by atoms with Crippen LogP contribution in [0.5, 0.6) is 0 Å². The van der Waals surface area contributed by atoms with E-state index in [-0.39, 0.29) is 13.1 Å². The number of imide groups is 1. The maximum absolute atomic E-state index is 12.2. The highest BCUT2D eigenvalue weighted by Gasteiger charge is 2.41. The van der Waals surface area contributed by atoms with Crippen molar-refractivity contribution in [2.45, 2.75) is 6.18 Å². The predicted molar refractivity (Wildman–Crippen MR) is 44.7 cm³/mol. The van der Waals surface area contributed by atoms with Gasteiger partial charge < -0.3 is 0 Å². The fraction of sp³-hybridized carbons (Fsp3) is 0.625. The van der Waals surface area contributed by atoms with E-state index in [9.17, 15) is 22.8 Å². The molecular weight excluding hydrogens is 227 g/mol. The topological polar surface area (TPSA) is 73.2 Å². The molecule has 88 valence electrons. The summed E-state index contributed by atoms with van der Waals surface area (Å²) < 4.78 is 36.7. The summed E-state index contributed by atoms with van der Waals surface area (Å²) in [5.74, 6) is -3.50. The summed E-state index contributed by atoms with van der Waals surface area (Å²) in [6.45, 7) is -1.28. The number of nitrogens with zero attached hydrogens (tertiary/aromatic N) is 2. The number of halogens is 3. The van der Waals surface area contributed by atoms with Gasteiger partial charge in [0.25, 0.3) is 0 Å². The summed E-state index contributed by atoms with van der Waals surface area (Å²) >= 11 is 0. The van der Waals surface area contributed by atoms with Crippen molar-refractivity contribution in [2.24, 2.45) is 5.92 Å². The Kier molecular flexibility index (Phi) is 3.49. The van der Waals surface area contributed by atoms with Crippen molar-refractivity contribution < 1.29 is 22.8 Å². The number of amides is 2. The predicted octanol–water partition coefficient (Wildman–Crippen LogP) is -0.353. The molecule has 1 rings (SSSR count). The lowest BCUT2D eigenvalue weighted by atomic mass is 10.1. The number of nitriles is 1. The highest BCUT2D eigenvalue weighted by atomic mass is 19.4. The first kappa shape index (κ1) is 12.4. The van der Waals surface area contributed by atoms with Crippen molar-refractivity contribution in [3.05, 3.63) is 0 Å². The van der Waals surface area contributed by atoms with Gasteiger partial charge in [0.15, 0.2) is 5.92 Å². The number of alkyl halides is 3. The molecule has 1 saturated heterocycles. The summed E-state index contributed by atoms with van der Waals surface area (Å²) in [6, 6.07) is 1.11. The molecule has 0 spiro atoms. The molecule has 1 aliphatic heterocycles. The Morgan fingerprint density at radius 1 is 1.38 bits per heavy atom. The zero-order valence-corrected chi connectivity index (χ0v) is 8.04. The smallest absolute Gasteiger partial charge is 0.294 e. The number of hydrogen-bond donors (Lipinski definition) is 1. The maximum Gasteiger partial charge on any atom is 0.405 e. The van der Waals surface area contributed by atoms with Gasteiger partial charge in [0.1, 0.15) is 0 Å². The highest BCUT2D eigenvalue weighted by Crippen LogP contribution is 2.26. The second kappa shape index (κ2) is 4.49. The Hall–Kier alpha value is -1.62. The van der Waals surface area contributed by atoms with Crippen LogP contribution < -0.4 is 5.32 Å². The number of piperazine rings is 1. The molecule has 1 aliphatic rings. The van der Waals surface area contributed by atoms with E-state index in [1.54, 1.807) is 0 Å². The minimum Gasteiger partial charge on any atom is -0.294 e. The van der Waals surface area contributed by atoms with Crippen LogP contribution >= 0.6 is 0 Å². The number of carbonyl (C=O) groups is 2. The van der Waals surface area contributed by atoms with E-state index in [0.717, 1.165) is 11.0 Å². The van der Waals surface area contributed by atoms with Gasteiger partial charge in [-0.2, -0.15) is 18.4 Å². The molecule has 1 heterocycles. The SMILES string of the molecule is N#CC(CN1CC(=O)NC(=O)C1)C(F)(F)F. The van der Waals surface area contributed by atoms with E-state index in [2.05, 4.69) is 0 Å². The Bertz CT molecular complexity index is 331. The third-order valence-electron chi connectivity index (χ3n) is 2.00. The largest absolute Gasteiger partial charge is 0.405 e. The Labute approximate surface area is 88.8 Å². The zero-order valence-electron chi connectivity index (χ0n) is 8.04. The van der Waals surface area contributed by atoms with Crippen LogP contribution in [0, 0.1) is 17.2 Å². The molecule has 1 N–H and O–H groups in total. The maximum atomic E-state index is 12.2. The fourth-order valence-electron chi connectivity index (χ4n) is 1.30. The molecule has 2 amide bonds. The first-order valence-electron chi connectivity index (χ1n) is 4.34. The standard InChI is InChI=1S/C8H8F3N3O2/c9-8(10,11)5(1-12)2-14-3-6(15)13-7(16)4-14/h5H,2-4H2,(H,13,15,16). The monoisotopic (exact) mass is 235 g/mol. The molecular formula is C8H8F3N3O2. The molecule has 8 heteroatoms. The van der Waals surface area contributed by atoms with Gasteiger partial charge in [-0.3, -0.25) is 19.8 Å². The van der Waals surface area contributed by atoms with Gasteiger partial charge in [-0.25, -0.2) is 0 Å². The number of rotatable bonds is 2. The average molecular weight is 235 g/mol. The Morgan fingerprint density at radius 3 is 2.25 bits per heavy atom. The van der Waals surface area contributed by atoms with Crippen LogP contribution in [0.25, 0.3) is 0 Å². The Morgan fingerprint density at radius 2 is 1.88 bits per heavy atom. The molecule has 0 aromatic heterocycles. The van der Waals surface area contributed by atoms with Crippen LogP contribution in [0.2, 0.25) is 0 Å². The molecule has 0 saturated carbocycles. The fourth-order valence-corrected chi connectivity index (χ4v) is 1.30.